The van der Waals surface area contributed by atoms with Crippen LogP contribution >= 0.6 is 0 Å². The molecule has 0 atom stereocenters. The number of benzene rings is 4. The van der Waals surface area contributed by atoms with Crippen LogP contribution in [0, 0.1) is 20.8 Å². The molecule has 5 nitrogen and oxygen atoms in total. The van der Waals surface area contributed by atoms with Crippen LogP contribution in [0.25, 0.3) is 22.0 Å². The Hall–Kier alpha value is -4.64. The number of fused-ring (bicyclic) bond motifs is 1. The quantitative estimate of drug-likeness (QED) is 0.254. The zero-order valence-electron chi connectivity index (χ0n) is 21.8. The molecule has 0 spiro atoms. The van der Waals surface area contributed by atoms with E-state index in [9.17, 15) is 14.7 Å². The highest BCUT2D eigenvalue weighted by Gasteiger charge is 2.15. The van der Waals surface area contributed by atoms with E-state index in [0.717, 1.165) is 38.9 Å². The molecule has 1 aromatic heterocycles. The van der Waals surface area contributed by atoms with Gasteiger partial charge >= 0.3 is 5.97 Å². The molecule has 4 aromatic carbocycles. The summed E-state index contributed by atoms with van der Waals surface area (Å²) < 4.78 is 2.26. The summed E-state index contributed by atoms with van der Waals surface area (Å²) in [5, 5.41) is 13.6. The van der Waals surface area contributed by atoms with Gasteiger partial charge in [0.25, 0.3) is 5.91 Å². The minimum Gasteiger partial charge on any atom is -0.478 e. The van der Waals surface area contributed by atoms with Gasteiger partial charge in [-0.05, 0) is 72.9 Å². The van der Waals surface area contributed by atoms with Crippen LogP contribution in [0.2, 0.25) is 0 Å². The first kappa shape index (κ1) is 25.0. The Bertz CT molecular complexity index is 1660. The SMILES string of the molecule is Cc1cccc(CNC(=O)c2ccc3c(c2)c(C)c(C)n3Cc2ccc(-c3ccccc3C(=O)O)cc2)c1. The number of aromatic carboxylic acids is 1. The summed E-state index contributed by atoms with van der Waals surface area (Å²) >= 11 is 0. The molecule has 1 amide bonds. The van der Waals surface area contributed by atoms with Crippen molar-refractivity contribution in [2.45, 2.75) is 33.9 Å². The zero-order valence-corrected chi connectivity index (χ0v) is 21.8. The van der Waals surface area contributed by atoms with Gasteiger partial charge in [0, 0.05) is 35.2 Å². The molecule has 0 aliphatic carbocycles. The van der Waals surface area contributed by atoms with Crippen molar-refractivity contribution in [3.05, 3.63) is 130 Å². The Morgan fingerprint density at radius 2 is 1.58 bits per heavy atom. The molecule has 0 aliphatic heterocycles. The molecule has 0 aliphatic rings. The first-order valence-corrected chi connectivity index (χ1v) is 12.7. The van der Waals surface area contributed by atoms with E-state index in [0.29, 0.717) is 29.8 Å². The van der Waals surface area contributed by atoms with Crippen molar-refractivity contribution in [1.29, 1.82) is 0 Å². The van der Waals surface area contributed by atoms with Crippen LogP contribution in [0.15, 0.2) is 91.0 Å². The largest absolute Gasteiger partial charge is 0.478 e. The number of aromatic nitrogens is 1. The summed E-state index contributed by atoms with van der Waals surface area (Å²) in [5.41, 5.74) is 9.26. The molecule has 1 heterocycles. The van der Waals surface area contributed by atoms with Crippen molar-refractivity contribution in [3.8, 4) is 11.1 Å². The van der Waals surface area contributed by atoms with Crippen LogP contribution < -0.4 is 5.32 Å². The first-order chi connectivity index (χ1) is 18.3. The molecular formula is C33H30N2O3. The van der Waals surface area contributed by atoms with Crippen molar-refractivity contribution in [3.63, 3.8) is 0 Å². The van der Waals surface area contributed by atoms with E-state index in [1.54, 1.807) is 12.1 Å². The van der Waals surface area contributed by atoms with Gasteiger partial charge in [0.1, 0.15) is 0 Å². The monoisotopic (exact) mass is 502 g/mol. The van der Waals surface area contributed by atoms with E-state index in [2.05, 4.69) is 29.8 Å². The lowest BCUT2D eigenvalue weighted by atomic mass is 9.99. The van der Waals surface area contributed by atoms with Gasteiger partial charge in [-0.3, -0.25) is 4.79 Å². The van der Waals surface area contributed by atoms with Crippen LogP contribution in [0.5, 0.6) is 0 Å². The predicted molar refractivity (Wildman–Crippen MR) is 152 cm³/mol. The second kappa shape index (κ2) is 10.4. The molecule has 0 saturated carbocycles. The van der Waals surface area contributed by atoms with Crippen molar-refractivity contribution in [1.82, 2.24) is 9.88 Å². The lowest BCUT2D eigenvalue weighted by Gasteiger charge is -2.11. The van der Waals surface area contributed by atoms with Gasteiger partial charge in [0.2, 0.25) is 0 Å². The molecular weight excluding hydrogens is 472 g/mol. The second-order valence-corrected chi connectivity index (χ2v) is 9.75. The van der Waals surface area contributed by atoms with Gasteiger partial charge in [-0.2, -0.15) is 0 Å². The van der Waals surface area contributed by atoms with E-state index in [4.69, 9.17) is 0 Å². The number of nitrogens with one attached hydrogen (secondary N) is 1. The van der Waals surface area contributed by atoms with Crippen LogP contribution in [-0.4, -0.2) is 21.6 Å². The average molecular weight is 503 g/mol. The lowest BCUT2D eigenvalue weighted by molar-refractivity contribution is 0.0697. The third-order valence-electron chi connectivity index (χ3n) is 7.20. The van der Waals surface area contributed by atoms with Crippen LogP contribution in [0.4, 0.5) is 0 Å². The Labute approximate surface area is 222 Å². The number of amides is 1. The van der Waals surface area contributed by atoms with E-state index >= 15 is 0 Å². The fourth-order valence-corrected chi connectivity index (χ4v) is 4.99. The molecule has 0 radical (unpaired) electrons. The number of hydrogen-bond donors (Lipinski definition) is 2. The van der Waals surface area contributed by atoms with Gasteiger partial charge in [0.15, 0.2) is 0 Å². The topological polar surface area (TPSA) is 71.3 Å². The number of carbonyl (C=O) groups excluding carboxylic acids is 1. The van der Waals surface area contributed by atoms with Crippen molar-refractivity contribution in [2.75, 3.05) is 0 Å². The zero-order chi connectivity index (χ0) is 26.8. The number of hydrogen-bond acceptors (Lipinski definition) is 2. The summed E-state index contributed by atoms with van der Waals surface area (Å²) in [6, 6.07) is 29.1. The summed E-state index contributed by atoms with van der Waals surface area (Å²) in [6.45, 7) is 7.40. The maximum atomic E-state index is 12.9. The van der Waals surface area contributed by atoms with Gasteiger partial charge in [-0.25, -0.2) is 4.79 Å². The molecule has 190 valence electrons. The summed E-state index contributed by atoms with van der Waals surface area (Å²) in [7, 11) is 0. The highest BCUT2D eigenvalue weighted by atomic mass is 16.4. The summed E-state index contributed by atoms with van der Waals surface area (Å²) in [6.07, 6.45) is 0. The van der Waals surface area contributed by atoms with E-state index in [1.807, 2.05) is 79.7 Å². The lowest BCUT2D eigenvalue weighted by Crippen LogP contribution is -2.22. The maximum absolute atomic E-state index is 12.9. The Balaban J connectivity index is 1.37. The van der Waals surface area contributed by atoms with E-state index < -0.39 is 5.97 Å². The van der Waals surface area contributed by atoms with Crippen molar-refractivity contribution >= 4 is 22.8 Å². The predicted octanol–water partition coefficient (Wildman–Crippen LogP) is 6.91. The van der Waals surface area contributed by atoms with Crippen LogP contribution in [0.1, 0.15) is 48.7 Å². The second-order valence-electron chi connectivity index (χ2n) is 9.75. The molecule has 0 bridgehead atoms. The summed E-state index contributed by atoms with van der Waals surface area (Å²) in [4.78, 5) is 24.5. The third kappa shape index (κ3) is 4.96. The minimum atomic E-state index is -0.933. The molecule has 0 fully saturated rings. The first-order valence-electron chi connectivity index (χ1n) is 12.7. The fourth-order valence-electron chi connectivity index (χ4n) is 4.99. The maximum Gasteiger partial charge on any atom is 0.336 e. The number of carboxylic acids is 1. The highest BCUT2D eigenvalue weighted by molar-refractivity contribution is 5.99. The Morgan fingerprint density at radius 1 is 0.816 bits per heavy atom. The number of rotatable bonds is 7. The smallest absolute Gasteiger partial charge is 0.336 e. The average Bonchev–Trinajstić information content (AvgIpc) is 3.16. The molecule has 2 N–H and O–H groups in total. The number of nitrogens with zero attached hydrogens (tertiary/aromatic N) is 1. The van der Waals surface area contributed by atoms with Crippen LogP contribution in [-0.2, 0) is 13.1 Å². The standard InChI is InChI=1S/C33H30N2O3/c1-21-7-6-8-25(17-21)19-34-32(36)27-15-16-31-30(18-27)22(2)23(3)35(31)20-24-11-13-26(14-12-24)28-9-4-5-10-29(28)33(37)38/h4-18H,19-20H2,1-3H3,(H,34,36)(H,37,38). The van der Waals surface area contributed by atoms with Gasteiger partial charge in [-0.1, -0.05) is 72.3 Å². The Morgan fingerprint density at radius 3 is 2.32 bits per heavy atom. The fraction of sp³-hybridized carbons (Fsp3) is 0.152. The number of carbonyl (C=O) groups is 2. The number of carboxylic acid groups (broad SMARTS) is 1. The normalized spacial score (nSPS) is 11.0. The van der Waals surface area contributed by atoms with Gasteiger partial charge in [0.05, 0.1) is 5.56 Å². The highest BCUT2D eigenvalue weighted by Crippen LogP contribution is 2.29. The molecule has 5 heteroatoms. The number of aryl methyl sites for hydroxylation is 2. The third-order valence-corrected chi connectivity index (χ3v) is 7.20. The van der Waals surface area contributed by atoms with E-state index in [1.165, 1.54) is 5.56 Å². The van der Waals surface area contributed by atoms with Crippen molar-refractivity contribution in [2.24, 2.45) is 0 Å². The molecule has 0 saturated heterocycles. The van der Waals surface area contributed by atoms with Gasteiger partial charge < -0.3 is 15.0 Å². The minimum absolute atomic E-state index is 0.0876. The Kier molecular flexibility index (Phi) is 6.84. The molecule has 5 aromatic rings. The molecule has 0 unspecified atom stereocenters. The van der Waals surface area contributed by atoms with Crippen molar-refractivity contribution < 1.29 is 14.7 Å². The molecule has 38 heavy (non-hydrogen) atoms. The van der Waals surface area contributed by atoms with Gasteiger partial charge in [-0.15, -0.1) is 0 Å². The molecule has 5 rings (SSSR count). The van der Waals surface area contributed by atoms with E-state index in [-0.39, 0.29) is 5.91 Å². The van der Waals surface area contributed by atoms with Crippen LogP contribution in [0.3, 0.4) is 0 Å². The summed E-state index contributed by atoms with van der Waals surface area (Å²) in [5.74, 6) is -1.02.